The predicted molar refractivity (Wildman–Crippen MR) is 69.0 cm³/mol. The molecule has 1 saturated heterocycles. The molecule has 1 saturated carbocycles. The fourth-order valence-corrected chi connectivity index (χ4v) is 3.89. The smallest absolute Gasteiger partial charge is 0.138 e. The SMILES string of the molecule is CCC1CCC2(CC(=O)CCO2)CC(C)(C)C1. The number of ether oxygens (including phenoxy) is 1. The molecule has 0 aromatic rings. The van der Waals surface area contributed by atoms with E-state index >= 15 is 0 Å². The minimum atomic E-state index is -0.122. The highest BCUT2D eigenvalue weighted by Gasteiger charge is 2.44. The van der Waals surface area contributed by atoms with Gasteiger partial charge in [-0.25, -0.2) is 0 Å². The van der Waals surface area contributed by atoms with E-state index < -0.39 is 0 Å². The van der Waals surface area contributed by atoms with Gasteiger partial charge in [0.1, 0.15) is 5.78 Å². The lowest BCUT2D eigenvalue weighted by atomic mass is 9.75. The van der Waals surface area contributed by atoms with Crippen LogP contribution in [-0.2, 0) is 9.53 Å². The molecule has 1 spiro atoms. The Morgan fingerprint density at radius 3 is 2.82 bits per heavy atom. The Balaban J connectivity index is 2.15. The van der Waals surface area contributed by atoms with Crippen LogP contribution >= 0.6 is 0 Å². The Kier molecular flexibility index (Phi) is 3.63. The fourth-order valence-electron chi connectivity index (χ4n) is 3.89. The van der Waals surface area contributed by atoms with Gasteiger partial charge in [0.2, 0.25) is 0 Å². The van der Waals surface area contributed by atoms with Crippen LogP contribution in [0, 0.1) is 11.3 Å². The molecule has 2 unspecified atom stereocenters. The molecule has 1 heterocycles. The second-order valence-electron chi connectivity index (χ2n) is 6.85. The van der Waals surface area contributed by atoms with E-state index in [0.29, 0.717) is 30.6 Å². The highest BCUT2D eigenvalue weighted by molar-refractivity contribution is 5.80. The lowest BCUT2D eigenvalue weighted by molar-refractivity contribution is -0.145. The third-order valence-corrected chi connectivity index (χ3v) is 4.54. The molecule has 2 aliphatic rings. The van der Waals surface area contributed by atoms with Crippen molar-refractivity contribution in [1.82, 2.24) is 0 Å². The van der Waals surface area contributed by atoms with E-state index in [-0.39, 0.29) is 5.60 Å². The van der Waals surface area contributed by atoms with Gasteiger partial charge in [-0.15, -0.1) is 0 Å². The third-order valence-electron chi connectivity index (χ3n) is 4.54. The van der Waals surface area contributed by atoms with E-state index in [0.717, 1.165) is 18.8 Å². The highest BCUT2D eigenvalue weighted by atomic mass is 16.5. The van der Waals surface area contributed by atoms with Crippen molar-refractivity contribution in [3.8, 4) is 0 Å². The molecule has 98 valence electrons. The van der Waals surface area contributed by atoms with Crippen LogP contribution in [0.15, 0.2) is 0 Å². The zero-order chi connectivity index (χ0) is 12.5. The molecular weight excluding hydrogens is 212 g/mol. The molecule has 1 aliphatic carbocycles. The summed E-state index contributed by atoms with van der Waals surface area (Å²) >= 11 is 0. The molecule has 0 bridgehead atoms. The minimum absolute atomic E-state index is 0.122. The third kappa shape index (κ3) is 3.09. The van der Waals surface area contributed by atoms with Gasteiger partial charge in [0.25, 0.3) is 0 Å². The van der Waals surface area contributed by atoms with Crippen molar-refractivity contribution in [2.45, 2.75) is 71.3 Å². The van der Waals surface area contributed by atoms with Gasteiger partial charge in [0.15, 0.2) is 0 Å². The molecule has 0 aromatic carbocycles. The zero-order valence-corrected chi connectivity index (χ0v) is 11.6. The van der Waals surface area contributed by atoms with Crippen LogP contribution in [0.4, 0.5) is 0 Å². The predicted octanol–water partition coefficient (Wildman–Crippen LogP) is 3.73. The van der Waals surface area contributed by atoms with Crippen molar-refractivity contribution in [2.24, 2.45) is 11.3 Å². The van der Waals surface area contributed by atoms with Gasteiger partial charge < -0.3 is 4.74 Å². The number of carbonyl (C=O) groups is 1. The van der Waals surface area contributed by atoms with E-state index in [1.807, 2.05) is 0 Å². The molecule has 17 heavy (non-hydrogen) atoms. The van der Waals surface area contributed by atoms with Crippen LogP contribution in [0.25, 0.3) is 0 Å². The van der Waals surface area contributed by atoms with Crippen LogP contribution < -0.4 is 0 Å². The molecule has 2 atom stereocenters. The number of rotatable bonds is 1. The minimum Gasteiger partial charge on any atom is -0.374 e. The summed E-state index contributed by atoms with van der Waals surface area (Å²) in [7, 11) is 0. The van der Waals surface area contributed by atoms with Crippen LogP contribution in [-0.4, -0.2) is 18.0 Å². The molecule has 0 radical (unpaired) electrons. The van der Waals surface area contributed by atoms with E-state index in [4.69, 9.17) is 4.74 Å². The van der Waals surface area contributed by atoms with Crippen molar-refractivity contribution in [3.63, 3.8) is 0 Å². The first kappa shape index (κ1) is 13.1. The topological polar surface area (TPSA) is 26.3 Å². The van der Waals surface area contributed by atoms with Gasteiger partial charge >= 0.3 is 0 Å². The number of ketones is 1. The van der Waals surface area contributed by atoms with Crippen molar-refractivity contribution in [1.29, 1.82) is 0 Å². The Hall–Kier alpha value is -0.370. The Bertz CT molecular complexity index is 295. The first-order valence-electron chi connectivity index (χ1n) is 7.10. The largest absolute Gasteiger partial charge is 0.374 e. The summed E-state index contributed by atoms with van der Waals surface area (Å²) in [6, 6.07) is 0. The van der Waals surface area contributed by atoms with E-state index in [1.54, 1.807) is 0 Å². The molecule has 0 amide bonds. The van der Waals surface area contributed by atoms with Crippen LogP contribution in [0.3, 0.4) is 0 Å². The average Bonchev–Trinajstić information content (AvgIpc) is 2.34. The molecule has 1 aliphatic heterocycles. The summed E-state index contributed by atoms with van der Waals surface area (Å²) < 4.78 is 6.06. The summed E-state index contributed by atoms with van der Waals surface area (Å²) in [6.45, 7) is 7.60. The lowest BCUT2D eigenvalue weighted by Gasteiger charge is -2.40. The van der Waals surface area contributed by atoms with E-state index in [9.17, 15) is 4.79 Å². The summed E-state index contributed by atoms with van der Waals surface area (Å²) in [4.78, 5) is 11.7. The molecule has 2 fully saturated rings. The second-order valence-corrected chi connectivity index (χ2v) is 6.85. The Morgan fingerprint density at radius 2 is 2.18 bits per heavy atom. The molecule has 2 rings (SSSR count). The van der Waals surface area contributed by atoms with Gasteiger partial charge in [-0.3, -0.25) is 4.79 Å². The number of carbonyl (C=O) groups excluding carboxylic acids is 1. The first-order chi connectivity index (χ1) is 7.95. The van der Waals surface area contributed by atoms with Crippen molar-refractivity contribution >= 4 is 5.78 Å². The van der Waals surface area contributed by atoms with Crippen molar-refractivity contribution < 1.29 is 9.53 Å². The van der Waals surface area contributed by atoms with Crippen LogP contribution in [0.5, 0.6) is 0 Å². The van der Waals surface area contributed by atoms with Crippen LogP contribution in [0.2, 0.25) is 0 Å². The maximum atomic E-state index is 11.7. The standard InChI is InChI=1S/C15H26O2/c1-4-12-5-7-15(11-14(2,3)9-12)10-13(16)6-8-17-15/h12H,4-11H2,1-3H3. The number of hydrogen-bond donors (Lipinski definition) is 0. The highest BCUT2D eigenvalue weighted by Crippen LogP contribution is 2.46. The summed E-state index contributed by atoms with van der Waals surface area (Å²) in [5.41, 5.74) is 0.192. The Labute approximate surface area is 105 Å². The maximum Gasteiger partial charge on any atom is 0.138 e. The average molecular weight is 238 g/mol. The molecular formula is C15H26O2. The normalized spacial score (nSPS) is 38.1. The van der Waals surface area contributed by atoms with Gasteiger partial charge in [-0.05, 0) is 37.0 Å². The molecule has 0 N–H and O–H groups in total. The van der Waals surface area contributed by atoms with Crippen LogP contribution in [0.1, 0.15) is 65.7 Å². The Morgan fingerprint density at radius 1 is 1.41 bits per heavy atom. The molecule has 2 nitrogen and oxygen atoms in total. The van der Waals surface area contributed by atoms with Gasteiger partial charge in [-0.2, -0.15) is 0 Å². The quantitative estimate of drug-likeness (QED) is 0.695. The van der Waals surface area contributed by atoms with Crippen molar-refractivity contribution in [3.05, 3.63) is 0 Å². The summed E-state index contributed by atoms with van der Waals surface area (Å²) in [5.74, 6) is 1.21. The van der Waals surface area contributed by atoms with Gasteiger partial charge in [-0.1, -0.05) is 27.2 Å². The molecule has 0 aromatic heterocycles. The maximum absolute atomic E-state index is 11.7. The van der Waals surface area contributed by atoms with Crippen molar-refractivity contribution in [2.75, 3.05) is 6.61 Å². The second kappa shape index (κ2) is 4.72. The first-order valence-corrected chi connectivity index (χ1v) is 7.10. The number of hydrogen-bond acceptors (Lipinski definition) is 2. The summed E-state index contributed by atoms with van der Waals surface area (Å²) in [5, 5.41) is 0. The lowest BCUT2D eigenvalue weighted by Crippen LogP contribution is -2.42. The van der Waals surface area contributed by atoms with Gasteiger partial charge in [0, 0.05) is 12.8 Å². The molecule has 2 heteroatoms. The van der Waals surface area contributed by atoms with E-state index in [2.05, 4.69) is 20.8 Å². The van der Waals surface area contributed by atoms with Gasteiger partial charge in [0.05, 0.1) is 12.2 Å². The fraction of sp³-hybridized carbons (Fsp3) is 0.933. The van der Waals surface area contributed by atoms with E-state index in [1.165, 1.54) is 19.3 Å². The zero-order valence-electron chi connectivity index (χ0n) is 11.6. The number of Topliss-reactive ketones (excluding diaryl/α,β-unsaturated/α-hetero) is 1. The monoisotopic (exact) mass is 238 g/mol. The summed E-state index contributed by atoms with van der Waals surface area (Å²) in [6.07, 6.45) is 7.19.